The molecule has 0 aliphatic rings. The van der Waals surface area contributed by atoms with Gasteiger partial charge in [0.05, 0.1) is 0 Å². The Morgan fingerprint density at radius 1 is 0.469 bits per heavy atom. The van der Waals surface area contributed by atoms with Crippen LogP contribution in [0.4, 0.5) is 0 Å². The van der Waals surface area contributed by atoms with Crippen LogP contribution < -0.4 is 0 Å². The molecule has 32 heavy (non-hydrogen) atoms. The van der Waals surface area contributed by atoms with E-state index in [1.807, 2.05) is 0 Å². The van der Waals surface area contributed by atoms with Crippen molar-refractivity contribution in [1.82, 2.24) is 0 Å². The third kappa shape index (κ3) is 3.37. The normalized spacial score (nSPS) is 11.4. The highest BCUT2D eigenvalue weighted by atomic mass is 79.9. The largest absolute Gasteiger partial charge is 0.456 e. The third-order valence-electron chi connectivity index (χ3n) is 5.98. The average Bonchev–Trinajstić information content (AvgIpc) is 3.37. The minimum Gasteiger partial charge on any atom is -0.456 e. The van der Waals surface area contributed by atoms with Gasteiger partial charge in [-0.05, 0) is 62.1 Å². The Bertz CT molecular complexity index is 1520. The van der Waals surface area contributed by atoms with Crippen molar-refractivity contribution in [3.05, 3.63) is 91.9 Å². The summed E-state index contributed by atoms with van der Waals surface area (Å²) in [6.07, 6.45) is 0. The minimum atomic E-state index is 0.962. The predicted molar refractivity (Wildman–Crippen MR) is 142 cm³/mol. The number of rotatable bonds is 0. The number of benzene rings is 4. The van der Waals surface area contributed by atoms with Gasteiger partial charge >= 0.3 is 0 Å². The standard InChI is InChI=1S/C14H10Br2O.C14H12O/c1-7-3-5-9(15)11-12-10(16)6-4-8(2)14(12)17-13(7)11;1-9-5-3-7-11-12-8-4-6-10(2)14(12)15-13(9)11/h3-6H,1-2H3;3-8H,1-2H3. The van der Waals surface area contributed by atoms with Crippen LogP contribution in [0, 0.1) is 27.7 Å². The molecule has 2 aromatic heterocycles. The Kier molecular flexibility index (Phi) is 5.39. The summed E-state index contributed by atoms with van der Waals surface area (Å²) in [4.78, 5) is 0. The monoisotopic (exact) mass is 548 g/mol. The second-order valence-corrected chi connectivity index (χ2v) is 9.95. The number of para-hydroxylation sites is 2. The molecule has 0 saturated heterocycles. The smallest absolute Gasteiger partial charge is 0.139 e. The number of aryl methyl sites for hydroxylation is 4. The molecule has 2 nitrogen and oxygen atoms in total. The first-order valence-electron chi connectivity index (χ1n) is 10.5. The van der Waals surface area contributed by atoms with Crippen LogP contribution in [0.1, 0.15) is 22.3 Å². The Hall–Kier alpha value is -2.56. The molecule has 0 atom stereocenters. The van der Waals surface area contributed by atoms with Gasteiger partial charge in [0.2, 0.25) is 0 Å². The lowest BCUT2D eigenvalue weighted by atomic mass is 10.1. The van der Waals surface area contributed by atoms with E-state index in [1.54, 1.807) is 0 Å². The second kappa shape index (κ2) is 8.09. The van der Waals surface area contributed by atoms with Gasteiger partial charge in [-0.15, -0.1) is 0 Å². The number of hydrogen-bond donors (Lipinski definition) is 0. The molecule has 6 aromatic rings. The van der Waals surface area contributed by atoms with Crippen molar-refractivity contribution < 1.29 is 8.83 Å². The summed E-state index contributed by atoms with van der Waals surface area (Å²) in [5.74, 6) is 0. The van der Waals surface area contributed by atoms with Crippen LogP contribution in [0.5, 0.6) is 0 Å². The average molecular weight is 550 g/mol. The lowest BCUT2D eigenvalue weighted by Gasteiger charge is -1.99. The van der Waals surface area contributed by atoms with Crippen LogP contribution in [-0.2, 0) is 0 Å². The maximum absolute atomic E-state index is 6.02. The fraction of sp³-hybridized carbons (Fsp3) is 0.143. The van der Waals surface area contributed by atoms with Crippen LogP contribution in [-0.4, -0.2) is 0 Å². The first kappa shape index (κ1) is 21.3. The fourth-order valence-corrected chi connectivity index (χ4v) is 5.28. The molecule has 160 valence electrons. The summed E-state index contributed by atoms with van der Waals surface area (Å²) in [6.45, 7) is 8.31. The zero-order valence-electron chi connectivity index (χ0n) is 18.3. The zero-order chi connectivity index (χ0) is 22.6. The molecule has 0 amide bonds. The number of hydrogen-bond acceptors (Lipinski definition) is 2. The molecule has 0 saturated carbocycles. The van der Waals surface area contributed by atoms with E-state index in [2.05, 4.69) is 120 Å². The maximum atomic E-state index is 6.02. The number of fused-ring (bicyclic) bond motifs is 6. The van der Waals surface area contributed by atoms with E-state index >= 15 is 0 Å². The van der Waals surface area contributed by atoms with Crippen molar-refractivity contribution >= 4 is 75.7 Å². The van der Waals surface area contributed by atoms with Gasteiger partial charge in [-0.25, -0.2) is 0 Å². The Labute approximate surface area is 203 Å². The molecule has 0 aliphatic heterocycles. The summed E-state index contributed by atoms with van der Waals surface area (Å²) in [5, 5.41) is 4.73. The summed E-state index contributed by atoms with van der Waals surface area (Å²) in [5.41, 5.74) is 8.67. The van der Waals surface area contributed by atoms with Crippen LogP contribution in [0.3, 0.4) is 0 Å². The van der Waals surface area contributed by atoms with Gasteiger partial charge in [-0.3, -0.25) is 0 Å². The summed E-state index contributed by atoms with van der Waals surface area (Å²) in [6, 6.07) is 20.8. The molecule has 0 fully saturated rings. The summed E-state index contributed by atoms with van der Waals surface area (Å²) in [7, 11) is 0. The van der Waals surface area contributed by atoms with Crippen molar-refractivity contribution in [2.45, 2.75) is 27.7 Å². The lowest BCUT2D eigenvalue weighted by molar-refractivity contribution is 0.662. The van der Waals surface area contributed by atoms with E-state index < -0.39 is 0 Å². The van der Waals surface area contributed by atoms with Crippen LogP contribution in [0.15, 0.2) is 78.4 Å². The zero-order valence-corrected chi connectivity index (χ0v) is 21.5. The minimum absolute atomic E-state index is 0.962. The van der Waals surface area contributed by atoms with Gasteiger partial charge in [0.1, 0.15) is 22.3 Å². The molecular weight excluding hydrogens is 528 g/mol. The molecule has 0 spiro atoms. The van der Waals surface area contributed by atoms with Gasteiger partial charge < -0.3 is 8.83 Å². The molecule has 0 aliphatic carbocycles. The summed E-state index contributed by atoms with van der Waals surface area (Å²) < 4.78 is 14.1. The number of halogens is 2. The van der Waals surface area contributed by atoms with Gasteiger partial charge in [0.25, 0.3) is 0 Å². The highest BCUT2D eigenvalue weighted by molar-refractivity contribution is 9.11. The summed E-state index contributed by atoms with van der Waals surface area (Å²) >= 11 is 7.22. The maximum Gasteiger partial charge on any atom is 0.139 e. The third-order valence-corrected chi connectivity index (χ3v) is 7.30. The fourth-order valence-electron chi connectivity index (χ4n) is 4.26. The lowest BCUT2D eigenvalue weighted by Crippen LogP contribution is -1.76. The van der Waals surface area contributed by atoms with Gasteiger partial charge in [-0.1, -0.05) is 80.4 Å². The Morgan fingerprint density at radius 2 is 0.844 bits per heavy atom. The van der Waals surface area contributed by atoms with Crippen molar-refractivity contribution in [1.29, 1.82) is 0 Å². The van der Waals surface area contributed by atoms with Gasteiger partial charge in [0, 0.05) is 30.5 Å². The van der Waals surface area contributed by atoms with E-state index in [1.165, 1.54) is 21.9 Å². The number of furan rings is 2. The molecule has 0 bridgehead atoms. The van der Waals surface area contributed by atoms with E-state index in [-0.39, 0.29) is 0 Å². The molecule has 4 aromatic carbocycles. The predicted octanol–water partition coefficient (Wildman–Crippen LogP) is 9.93. The van der Waals surface area contributed by atoms with Gasteiger partial charge in [-0.2, -0.15) is 0 Å². The van der Waals surface area contributed by atoms with Crippen LogP contribution in [0.2, 0.25) is 0 Å². The van der Waals surface area contributed by atoms with Crippen molar-refractivity contribution in [2.75, 3.05) is 0 Å². The van der Waals surface area contributed by atoms with Gasteiger partial charge in [0.15, 0.2) is 0 Å². The first-order chi connectivity index (χ1) is 15.4. The second-order valence-electron chi connectivity index (χ2n) is 8.24. The van der Waals surface area contributed by atoms with E-state index in [0.29, 0.717) is 0 Å². The van der Waals surface area contributed by atoms with Crippen molar-refractivity contribution in [3.8, 4) is 0 Å². The molecule has 4 heteroatoms. The molecule has 0 radical (unpaired) electrons. The molecule has 0 N–H and O–H groups in total. The first-order valence-corrected chi connectivity index (χ1v) is 12.1. The van der Waals surface area contributed by atoms with Crippen molar-refractivity contribution in [2.24, 2.45) is 0 Å². The molecule has 0 unspecified atom stereocenters. The SMILES string of the molecule is Cc1ccc(Br)c2c1oc1c(C)ccc(Br)c12.Cc1cccc2c1oc1c(C)cccc12. The Morgan fingerprint density at radius 3 is 1.28 bits per heavy atom. The molecule has 2 heterocycles. The van der Waals surface area contributed by atoms with E-state index in [9.17, 15) is 0 Å². The molecule has 6 rings (SSSR count). The van der Waals surface area contributed by atoms with Crippen LogP contribution in [0.25, 0.3) is 43.9 Å². The highest BCUT2D eigenvalue weighted by Crippen LogP contribution is 2.40. The van der Waals surface area contributed by atoms with Crippen LogP contribution >= 0.6 is 31.9 Å². The Balaban J connectivity index is 0.000000136. The van der Waals surface area contributed by atoms with E-state index in [0.717, 1.165) is 53.2 Å². The highest BCUT2D eigenvalue weighted by Gasteiger charge is 2.15. The quantitative estimate of drug-likeness (QED) is 0.188. The van der Waals surface area contributed by atoms with Crippen molar-refractivity contribution in [3.63, 3.8) is 0 Å². The molecular formula is C28H22Br2O2. The topological polar surface area (TPSA) is 26.3 Å². The van der Waals surface area contributed by atoms with E-state index in [4.69, 9.17) is 8.83 Å².